The van der Waals surface area contributed by atoms with Crippen molar-refractivity contribution in [2.45, 2.75) is 0 Å². The van der Waals surface area contributed by atoms with E-state index in [-0.39, 0.29) is 0 Å². The molecule has 1 aliphatic rings. The molecule has 17 heavy (non-hydrogen) atoms. The van der Waals surface area contributed by atoms with Crippen molar-refractivity contribution in [1.29, 1.82) is 0 Å². The summed E-state index contributed by atoms with van der Waals surface area (Å²) in [5.41, 5.74) is 1.59. The molecule has 0 spiro atoms. The number of halogens is 1. The largest absolute Gasteiger partial charge is 0.486 e. The van der Waals surface area contributed by atoms with Crippen LogP contribution in [0.25, 0.3) is 11.3 Å². The highest BCUT2D eigenvalue weighted by molar-refractivity contribution is 6.29. The van der Waals surface area contributed by atoms with Gasteiger partial charge in [-0.15, -0.1) is 10.2 Å². The fourth-order valence-corrected chi connectivity index (χ4v) is 1.84. The topological polar surface area (TPSA) is 44.2 Å². The Kier molecular flexibility index (Phi) is 2.57. The predicted molar refractivity (Wildman–Crippen MR) is 63.5 cm³/mol. The molecular formula is C12H9ClN2O2. The van der Waals surface area contributed by atoms with Gasteiger partial charge in [0.25, 0.3) is 0 Å². The van der Waals surface area contributed by atoms with E-state index in [9.17, 15) is 0 Å². The van der Waals surface area contributed by atoms with Crippen LogP contribution in [0.5, 0.6) is 11.5 Å². The number of hydrogen-bond donors (Lipinski definition) is 0. The van der Waals surface area contributed by atoms with E-state index in [2.05, 4.69) is 10.2 Å². The maximum Gasteiger partial charge on any atom is 0.170 e. The minimum Gasteiger partial charge on any atom is -0.486 e. The second-order valence-corrected chi connectivity index (χ2v) is 3.96. The first kappa shape index (κ1) is 10.4. The first-order chi connectivity index (χ1) is 8.34. The average molecular weight is 249 g/mol. The Morgan fingerprint density at radius 2 is 1.88 bits per heavy atom. The number of rotatable bonds is 1. The van der Waals surface area contributed by atoms with Gasteiger partial charge in [-0.25, -0.2) is 0 Å². The van der Waals surface area contributed by atoms with Gasteiger partial charge in [0, 0.05) is 5.56 Å². The van der Waals surface area contributed by atoms with Crippen LogP contribution in [-0.4, -0.2) is 23.4 Å². The second kappa shape index (κ2) is 4.22. The van der Waals surface area contributed by atoms with E-state index in [1.807, 2.05) is 24.3 Å². The third-order valence-corrected chi connectivity index (χ3v) is 2.68. The number of nitrogens with zero attached hydrogens (tertiary/aromatic N) is 2. The molecule has 5 heteroatoms. The lowest BCUT2D eigenvalue weighted by molar-refractivity contribution is 0.172. The van der Waals surface area contributed by atoms with Crippen molar-refractivity contribution in [3.05, 3.63) is 35.5 Å². The number of hydrogen-bond acceptors (Lipinski definition) is 4. The maximum absolute atomic E-state index is 5.71. The van der Waals surface area contributed by atoms with Crippen LogP contribution in [0.15, 0.2) is 30.3 Å². The van der Waals surface area contributed by atoms with Crippen molar-refractivity contribution in [3.8, 4) is 22.8 Å². The summed E-state index contributed by atoms with van der Waals surface area (Å²) in [7, 11) is 0. The highest BCUT2D eigenvalue weighted by Crippen LogP contribution is 2.38. The highest BCUT2D eigenvalue weighted by atomic mass is 35.5. The van der Waals surface area contributed by atoms with Crippen molar-refractivity contribution >= 4 is 11.6 Å². The summed E-state index contributed by atoms with van der Waals surface area (Å²) in [5.74, 6) is 1.46. The number of aromatic nitrogens is 2. The van der Waals surface area contributed by atoms with Crippen molar-refractivity contribution in [3.63, 3.8) is 0 Å². The SMILES string of the molecule is Clc1ccc(-c2cccc3c2OCCO3)nn1. The Hall–Kier alpha value is -1.81. The minimum absolute atomic E-state index is 0.371. The molecule has 0 saturated carbocycles. The molecule has 1 aromatic heterocycles. The minimum atomic E-state index is 0.371. The van der Waals surface area contributed by atoms with E-state index in [4.69, 9.17) is 21.1 Å². The average Bonchev–Trinajstić information content (AvgIpc) is 2.39. The van der Waals surface area contributed by atoms with Crippen molar-refractivity contribution in [2.24, 2.45) is 0 Å². The summed E-state index contributed by atoms with van der Waals surface area (Å²) in [4.78, 5) is 0. The van der Waals surface area contributed by atoms with Crippen LogP contribution in [0.1, 0.15) is 0 Å². The normalized spacial score (nSPS) is 13.5. The van der Waals surface area contributed by atoms with Gasteiger partial charge in [-0.2, -0.15) is 0 Å². The van der Waals surface area contributed by atoms with Crippen LogP contribution >= 0.6 is 11.6 Å². The molecule has 0 bridgehead atoms. The van der Waals surface area contributed by atoms with Crippen molar-refractivity contribution < 1.29 is 9.47 Å². The quantitative estimate of drug-likeness (QED) is 0.778. The fraction of sp³-hybridized carbons (Fsp3) is 0.167. The van der Waals surface area contributed by atoms with Gasteiger partial charge in [0.05, 0.1) is 5.69 Å². The predicted octanol–water partition coefficient (Wildman–Crippen LogP) is 2.57. The van der Waals surface area contributed by atoms with Gasteiger partial charge >= 0.3 is 0 Å². The summed E-state index contributed by atoms with van der Waals surface area (Å²) in [5, 5.41) is 8.23. The lowest BCUT2D eigenvalue weighted by Crippen LogP contribution is -2.15. The molecule has 0 atom stereocenters. The molecule has 2 aromatic rings. The monoisotopic (exact) mass is 248 g/mol. The molecule has 0 amide bonds. The Bertz CT molecular complexity index is 543. The molecule has 0 N–H and O–H groups in total. The second-order valence-electron chi connectivity index (χ2n) is 3.57. The Balaban J connectivity index is 2.11. The standard InChI is InChI=1S/C12H9ClN2O2/c13-11-5-4-9(14-15-11)8-2-1-3-10-12(8)17-7-6-16-10/h1-5H,6-7H2. The molecular weight excluding hydrogens is 240 g/mol. The summed E-state index contributed by atoms with van der Waals surface area (Å²) in [6, 6.07) is 9.21. The third kappa shape index (κ3) is 1.91. The summed E-state index contributed by atoms with van der Waals surface area (Å²) in [6.07, 6.45) is 0. The molecule has 0 aliphatic carbocycles. The molecule has 4 nitrogen and oxygen atoms in total. The first-order valence-electron chi connectivity index (χ1n) is 5.23. The van der Waals surface area contributed by atoms with E-state index in [1.54, 1.807) is 6.07 Å². The van der Waals surface area contributed by atoms with Crippen molar-refractivity contribution in [1.82, 2.24) is 10.2 Å². The van der Waals surface area contributed by atoms with Crippen LogP contribution in [0.4, 0.5) is 0 Å². The Morgan fingerprint density at radius 1 is 1.00 bits per heavy atom. The van der Waals surface area contributed by atoms with Gasteiger partial charge in [0.2, 0.25) is 0 Å². The molecule has 3 rings (SSSR count). The fourth-order valence-electron chi connectivity index (χ4n) is 1.74. The van der Waals surface area contributed by atoms with E-state index in [0.29, 0.717) is 18.4 Å². The first-order valence-corrected chi connectivity index (χ1v) is 5.60. The number of benzene rings is 1. The van der Waals surface area contributed by atoms with Crippen LogP contribution in [0, 0.1) is 0 Å². The molecule has 0 fully saturated rings. The van der Waals surface area contributed by atoms with Gasteiger partial charge in [-0.3, -0.25) is 0 Å². The van der Waals surface area contributed by atoms with Gasteiger partial charge in [0.1, 0.15) is 13.2 Å². The summed E-state index contributed by atoms with van der Waals surface area (Å²) >= 11 is 5.71. The van der Waals surface area contributed by atoms with E-state index in [1.165, 1.54) is 0 Å². The molecule has 2 heterocycles. The zero-order valence-corrected chi connectivity index (χ0v) is 9.65. The number of para-hydroxylation sites is 1. The van der Waals surface area contributed by atoms with Crippen LogP contribution in [-0.2, 0) is 0 Å². The Labute approximate surface area is 103 Å². The number of ether oxygens (including phenoxy) is 2. The Morgan fingerprint density at radius 3 is 2.71 bits per heavy atom. The van der Waals surface area contributed by atoms with Crippen LogP contribution < -0.4 is 9.47 Å². The van der Waals surface area contributed by atoms with E-state index >= 15 is 0 Å². The van der Waals surface area contributed by atoms with Gasteiger partial charge in [-0.1, -0.05) is 17.7 Å². The zero-order valence-electron chi connectivity index (χ0n) is 8.89. The lowest BCUT2D eigenvalue weighted by Gasteiger charge is -2.20. The van der Waals surface area contributed by atoms with Gasteiger partial charge < -0.3 is 9.47 Å². The number of fused-ring (bicyclic) bond motifs is 1. The van der Waals surface area contributed by atoms with Gasteiger partial charge in [-0.05, 0) is 24.3 Å². The summed E-state index contributed by atoms with van der Waals surface area (Å²) < 4.78 is 11.1. The van der Waals surface area contributed by atoms with Crippen LogP contribution in [0.2, 0.25) is 5.15 Å². The van der Waals surface area contributed by atoms with Crippen LogP contribution in [0.3, 0.4) is 0 Å². The maximum atomic E-state index is 5.71. The lowest BCUT2D eigenvalue weighted by atomic mass is 10.1. The van der Waals surface area contributed by atoms with Gasteiger partial charge in [0.15, 0.2) is 16.7 Å². The molecule has 86 valence electrons. The van der Waals surface area contributed by atoms with E-state index in [0.717, 1.165) is 22.8 Å². The molecule has 1 aliphatic heterocycles. The summed E-state index contributed by atoms with van der Waals surface area (Å²) in [6.45, 7) is 1.12. The third-order valence-electron chi connectivity index (χ3n) is 2.47. The smallest absolute Gasteiger partial charge is 0.170 e. The zero-order chi connectivity index (χ0) is 11.7. The van der Waals surface area contributed by atoms with E-state index < -0.39 is 0 Å². The molecule has 0 radical (unpaired) electrons. The molecule has 0 unspecified atom stereocenters. The molecule has 0 saturated heterocycles. The van der Waals surface area contributed by atoms with Crippen molar-refractivity contribution in [2.75, 3.05) is 13.2 Å². The highest BCUT2D eigenvalue weighted by Gasteiger charge is 2.17. The molecule has 1 aromatic carbocycles.